The van der Waals surface area contributed by atoms with Gasteiger partial charge in [0.05, 0.1) is 0 Å². The Morgan fingerprint density at radius 3 is 2.56 bits per heavy atom. The standard InChI is InChI=1S/C20H19F2N3O2/c1-24-10-9-23-19(24)13-27-17-7-4-14(5-8-17)20(26)25(2)12-15-3-6-16(21)11-18(15)22/h3-11H,12-13H2,1-2H3. The maximum atomic E-state index is 13.8. The fraction of sp³-hybridized carbons (Fsp3) is 0.200. The topological polar surface area (TPSA) is 47.4 Å². The summed E-state index contributed by atoms with van der Waals surface area (Å²) >= 11 is 0. The van der Waals surface area contributed by atoms with Gasteiger partial charge >= 0.3 is 0 Å². The molecule has 0 saturated heterocycles. The number of halogens is 2. The van der Waals surface area contributed by atoms with Crippen molar-refractivity contribution in [2.24, 2.45) is 7.05 Å². The lowest BCUT2D eigenvalue weighted by Crippen LogP contribution is -2.26. The Balaban J connectivity index is 1.61. The Bertz CT molecular complexity index is 939. The number of carbonyl (C=O) groups is 1. The predicted molar refractivity (Wildman–Crippen MR) is 96.1 cm³/mol. The van der Waals surface area contributed by atoms with E-state index in [1.54, 1.807) is 37.5 Å². The van der Waals surface area contributed by atoms with Crippen LogP contribution >= 0.6 is 0 Å². The van der Waals surface area contributed by atoms with Crippen molar-refractivity contribution in [2.75, 3.05) is 7.05 Å². The maximum Gasteiger partial charge on any atom is 0.253 e. The second-order valence-electron chi connectivity index (χ2n) is 6.16. The molecule has 1 heterocycles. The van der Waals surface area contributed by atoms with Crippen LogP contribution in [-0.4, -0.2) is 27.4 Å². The van der Waals surface area contributed by atoms with Gasteiger partial charge in [0, 0.05) is 50.2 Å². The molecule has 27 heavy (non-hydrogen) atoms. The average Bonchev–Trinajstić information content (AvgIpc) is 3.07. The fourth-order valence-corrected chi connectivity index (χ4v) is 2.57. The van der Waals surface area contributed by atoms with Crippen LogP contribution in [0.5, 0.6) is 5.75 Å². The molecule has 3 rings (SSSR count). The zero-order valence-corrected chi connectivity index (χ0v) is 15.0. The van der Waals surface area contributed by atoms with Crippen molar-refractivity contribution in [3.63, 3.8) is 0 Å². The van der Waals surface area contributed by atoms with Gasteiger partial charge in [0.15, 0.2) is 0 Å². The number of carbonyl (C=O) groups excluding carboxylic acids is 1. The van der Waals surface area contributed by atoms with Crippen LogP contribution < -0.4 is 4.74 Å². The van der Waals surface area contributed by atoms with Gasteiger partial charge in [0.1, 0.15) is 29.8 Å². The molecule has 0 aliphatic carbocycles. The summed E-state index contributed by atoms with van der Waals surface area (Å²) in [5, 5.41) is 0. The number of imidazole rings is 1. The lowest BCUT2D eigenvalue weighted by atomic mass is 10.1. The van der Waals surface area contributed by atoms with E-state index in [1.165, 1.54) is 17.0 Å². The van der Waals surface area contributed by atoms with E-state index in [0.717, 1.165) is 11.9 Å². The molecule has 0 atom stereocenters. The first-order valence-electron chi connectivity index (χ1n) is 8.32. The number of aryl methyl sites for hydroxylation is 1. The van der Waals surface area contributed by atoms with E-state index >= 15 is 0 Å². The molecule has 2 aromatic carbocycles. The number of hydrogen-bond donors (Lipinski definition) is 0. The average molecular weight is 371 g/mol. The van der Waals surface area contributed by atoms with E-state index < -0.39 is 11.6 Å². The molecule has 5 nitrogen and oxygen atoms in total. The van der Waals surface area contributed by atoms with Crippen molar-refractivity contribution >= 4 is 5.91 Å². The van der Waals surface area contributed by atoms with Gasteiger partial charge < -0.3 is 14.2 Å². The van der Waals surface area contributed by atoms with Gasteiger partial charge in [-0.3, -0.25) is 4.79 Å². The smallest absolute Gasteiger partial charge is 0.253 e. The van der Waals surface area contributed by atoms with Gasteiger partial charge in [0.2, 0.25) is 0 Å². The van der Waals surface area contributed by atoms with E-state index in [1.807, 2.05) is 17.8 Å². The van der Waals surface area contributed by atoms with E-state index in [4.69, 9.17) is 4.74 Å². The molecule has 0 N–H and O–H groups in total. The predicted octanol–water partition coefficient (Wildman–Crippen LogP) is 3.55. The number of rotatable bonds is 6. The van der Waals surface area contributed by atoms with E-state index in [-0.39, 0.29) is 18.0 Å². The number of benzene rings is 2. The molecule has 0 bridgehead atoms. The third-order valence-corrected chi connectivity index (χ3v) is 4.16. The van der Waals surface area contributed by atoms with Crippen LogP contribution in [-0.2, 0) is 20.2 Å². The number of aromatic nitrogens is 2. The minimum atomic E-state index is -0.673. The molecule has 0 aliphatic heterocycles. The van der Waals surface area contributed by atoms with Crippen LogP contribution in [0.1, 0.15) is 21.7 Å². The van der Waals surface area contributed by atoms with E-state index in [9.17, 15) is 13.6 Å². The second kappa shape index (κ2) is 7.99. The molecule has 0 radical (unpaired) electrons. The zero-order valence-electron chi connectivity index (χ0n) is 15.0. The van der Waals surface area contributed by atoms with E-state index in [2.05, 4.69) is 4.98 Å². The van der Waals surface area contributed by atoms with Crippen molar-refractivity contribution in [1.82, 2.24) is 14.5 Å². The molecular weight excluding hydrogens is 352 g/mol. The monoisotopic (exact) mass is 371 g/mol. The van der Waals surface area contributed by atoms with Crippen LogP contribution in [0.15, 0.2) is 54.9 Å². The van der Waals surface area contributed by atoms with Crippen molar-refractivity contribution in [1.29, 1.82) is 0 Å². The van der Waals surface area contributed by atoms with Crippen LogP contribution in [0.25, 0.3) is 0 Å². The molecular formula is C20H19F2N3O2. The lowest BCUT2D eigenvalue weighted by molar-refractivity contribution is 0.0784. The molecule has 0 fully saturated rings. The highest BCUT2D eigenvalue weighted by atomic mass is 19.1. The normalized spacial score (nSPS) is 10.7. The van der Waals surface area contributed by atoms with Gasteiger partial charge in [-0.1, -0.05) is 6.07 Å². The second-order valence-corrected chi connectivity index (χ2v) is 6.16. The molecule has 7 heteroatoms. The number of nitrogens with zero attached hydrogens (tertiary/aromatic N) is 3. The Kier molecular flexibility index (Phi) is 5.49. The Morgan fingerprint density at radius 2 is 1.93 bits per heavy atom. The van der Waals surface area contributed by atoms with Crippen LogP contribution in [0.4, 0.5) is 8.78 Å². The van der Waals surface area contributed by atoms with Gasteiger partial charge in [-0.25, -0.2) is 13.8 Å². The molecule has 0 spiro atoms. The molecule has 1 aromatic heterocycles. The first kappa shape index (κ1) is 18.6. The summed E-state index contributed by atoms with van der Waals surface area (Å²) in [4.78, 5) is 18.1. The SMILES string of the molecule is CN(Cc1ccc(F)cc1F)C(=O)c1ccc(OCc2nccn2C)cc1. The summed E-state index contributed by atoms with van der Waals surface area (Å²) in [5.41, 5.74) is 0.701. The zero-order chi connectivity index (χ0) is 19.4. The summed E-state index contributed by atoms with van der Waals surface area (Å²) in [7, 11) is 3.45. The third-order valence-electron chi connectivity index (χ3n) is 4.16. The molecule has 140 valence electrons. The van der Waals surface area contributed by atoms with Crippen molar-refractivity contribution in [2.45, 2.75) is 13.2 Å². The summed E-state index contributed by atoms with van der Waals surface area (Å²) in [6.45, 7) is 0.364. The largest absolute Gasteiger partial charge is 0.486 e. The summed E-state index contributed by atoms with van der Waals surface area (Å²) in [6, 6.07) is 10.0. The highest BCUT2D eigenvalue weighted by molar-refractivity contribution is 5.94. The van der Waals surface area contributed by atoms with Crippen LogP contribution in [0.2, 0.25) is 0 Å². The highest BCUT2D eigenvalue weighted by Crippen LogP contribution is 2.17. The summed E-state index contributed by atoms with van der Waals surface area (Å²) in [6.07, 6.45) is 3.53. The van der Waals surface area contributed by atoms with Crippen molar-refractivity contribution in [3.8, 4) is 5.75 Å². The number of hydrogen-bond acceptors (Lipinski definition) is 3. The summed E-state index contributed by atoms with van der Waals surface area (Å²) in [5.74, 6) is -0.189. The Hall–Kier alpha value is -3.22. The minimum absolute atomic E-state index is 0.0440. The Morgan fingerprint density at radius 1 is 1.19 bits per heavy atom. The molecule has 1 amide bonds. The number of amides is 1. The molecule has 0 unspecified atom stereocenters. The van der Waals surface area contributed by atoms with Gasteiger partial charge in [-0.05, 0) is 30.3 Å². The Labute approximate surface area is 155 Å². The van der Waals surface area contributed by atoms with Gasteiger partial charge in [-0.15, -0.1) is 0 Å². The molecule has 3 aromatic rings. The molecule has 0 saturated carbocycles. The highest BCUT2D eigenvalue weighted by Gasteiger charge is 2.14. The first-order valence-corrected chi connectivity index (χ1v) is 8.32. The minimum Gasteiger partial charge on any atom is -0.486 e. The summed E-state index contributed by atoms with van der Waals surface area (Å²) < 4.78 is 34.3. The van der Waals surface area contributed by atoms with Crippen LogP contribution in [0, 0.1) is 11.6 Å². The van der Waals surface area contributed by atoms with Crippen LogP contribution in [0.3, 0.4) is 0 Å². The van der Waals surface area contributed by atoms with Gasteiger partial charge in [-0.2, -0.15) is 0 Å². The van der Waals surface area contributed by atoms with Gasteiger partial charge in [0.25, 0.3) is 5.91 Å². The first-order chi connectivity index (χ1) is 12.9. The number of ether oxygens (including phenoxy) is 1. The third kappa shape index (κ3) is 4.49. The van der Waals surface area contributed by atoms with Crippen molar-refractivity contribution in [3.05, 3.63) is 83.4 Å². The molecule has 0 aliphatic rings. The fourth-order valence-electron chi connectivity index (χ4n) is 2.57. The van der Waals surface area contributed by atoms with Crippen molar-refractivity contribution < 1.29 is 18.3 Å². The van der Waals surface area contributed by atoms with E-state index in [0.29, 0.717) is 17.9 Å². The quantitative estimate of drug-likeness (QED) is 0.666. The lowest BCUT2D eigenvalue weighted by Gasteiger charge is -2.18. The maximum absolute atomic E-state index is 13.8.